The Kier molecular flexibility index (Phi) is 2.91. The van der Waals surface area contributed by atoms with Gasteiger partial charge in [-0.05, 0) is 6.42 Å². The van der Waals surface area contributed by atoms with Crippen LogP contribution in [-0.4, -0.2) is 47.3 Å². The van der Waals surface area contributed by atoms with Crippen LogP contribution in [0.2, 0.25) is 0 Å². The van der Waals surface area contributed by atoms with Gasteiger partial charge in [0.05, 0.1) is 6.04 Å². The minimum atomic E-state index is 0.0598. The fraction of sp³-hybridized carbons (Fsp3) is 0.833. The third kappa shape index (κ3) is 1.81. The predicted octanol–water partition coefficient (Wildman–Crippen LogP) is 0.722. The maximum absolute atomic E-state index is 11.9. The molecule has 2 heterocycles. The molecule has 4 nitrogen and oxygen atoms in total. The van der Waals surface area contributed by atoms with Crippen LogP contribution in [0.1, 0.15) is 27.2 Å². The van der Waals surface area contributed by atoms with Crippen LogP contribution in [0.3, 0.4) is 0 Å². The van der Waals surface area contributed by atoms with E-state index in [9.17, 15) is 9.59 Å². The molecule has 0 spiro atoms. The number of carbonyl (C=O) groups is 2. The van der Waals surface area contributed by atoms with Crippen molar-refractivity contribution in [3.8, 4) is 0 Å². The molecule has 2 rings (SSSR count). The highest BCUT2D eigenvalue weighted by Gasteiger charge is 2.43. The van der Waals surface area contributed by atoms with Crippen molar-refractivity contribution in [3.05, 3.63) is 0 Å². The van der Waals surface area contributed by atoms with Gasteiger partial charge in [0.15, 0.2) is 0 Å². The lowest BCUT2D eigenvalue weighted by Gasteiger charge is -2.24. The predicted molar refractivity (Wildman–Crippen MR) is 60.7 cm³/mol. The molecule has 4 heteroatoms. The Morgan fingerprint density at radius 3 is 2.50 bits per heavy atom. The Balaban J connectivity index is 2.03. The molecule has 0 saturated carbocycles. The number of rotatable bonds is 1. The first-order valence-electron chi connectivity index (χ1n) is 6.06. The zero-order valence-electron chi connectivity index (χ0n) is 10.3. The molecule has 0 aromatic rings. The summed E-state index contributed by atoms with van der Waals surface area (Å²) in [5.74, 6) is 0.931. The first-order valence-corrected chi connectivity index (χ1v) is 6.06. The van der Waals surface area contributed by atoms with Crippen LogP contribution >= 0.6 is 0 Å². The number of hydrogen-bond donors (Lipinski definition) is 0. The van der Waals surface area contributed by atoms with Crippen LogP contribution in [0, 0.1) is 11.8 Å². The van der Waals surface area contributed by atoms with Gasteiger partial charge in [-0.1, -0.05) is 13.8 Å². The Labute approximate surface area is 96.6 Å². The highest BCUT2D eigenvalue weighted by molar-refractivity contribution is 5.79. The minimum Gasteiger partial charge on any atom is -0.340 e. The summed E-state index contributed by atoms with van der Waals surface area (Å²) in [7, 11) is 0. The van der Waals surface area contributed by atoms with E-state index in [1.807, 2.05) is 23.6 Å². The lowest BCUT2D eigenvalue weighted by Crippen LogP contribution is -2.40. The zero-order valence-corrected chi connectivity index (χ0v) is 10.3. The van der Waals surface area contributed by atoms with E-state index in [2.05, 4.69) is 0 Å². The third-order valence-corrected chi connectivity index (χ3v) is 3.76. The maximum Gasteiger partial charge on any atom is 0.225 e. The van der Waals surface area contributed by atoms with Crippen LogP contribution in [-0.2, 0) is 9.59 Å². The van der Waals surface area contributed by atoms with Crippen molar-refractivity contribution < 1.29 is 9.59 Å². The number of amides is 2. The second-order valence-electron chi connectivity index (χ2n) is 5.23. The van der Waals surface area contributed by atoms with Crippen molar-refractivity contribution in [2.24, 2.45) is 11.8 Å². The molecule has 0 aromatic carbocycles. The van der Waals surface area contributed by atoms with Gasteiger partial charge in [-0.2, -0.15) is 0 Å². The van der Waals surface area contributed by atoms with Gasteiger partial charge in [0, 0.05) is 38.4 Å². The van der Waals surface area contributed by atoms with Gasteiger partial charge in [-0.3, -0.25) is 9.59 Å². The van der Waals surface area contributed by atoms with Crippen LogP contribution in [0.15, 0.2) is 0 Å². The highest BCUT2D eigenvalue weighted by atomic mass is 16.2. The summed E-state index contributed by atoms with van der Waals surface area (Å²) in [5.41, 5.74) is 0. The van der Waals surface area contributed by atoms with Gasteiger partial charge in [0.1, 0.15) is 0 Å². The first kappa shape index (κ1) is 11.4. The monoisotopic (exact) mass is 224 g/mol. The summed E-state index contributed by atoms with van der Waals surface area (Å²) in [5, 5.41) is 0. The van der Waals surface area contributed by atoms with Gasteiger partial charge in [0.25, 0.3) is 0 Å². The number of carbonyl (C=O) groups excluding carboxylic acids is 2. The van der Waals surface area contributed by atoms with Crippen molar-refractivity contribution in [1.29, 1.82) is 0 Å². The summed E-state index contributed by atoms with van der Waals surface area (Å²) in [6, 6.07) is 0.278. The molecule has 2 fully saturated rings. The van der Waals surface area contributed by atoms with E-state index in [-0.39, 0.29) is 23.8 Å². The van der Waals surface area contributed by atoms with Crippen LogP contribution in [0.5, 0.6) is 0 Å². The molecule has 2 saturated heterocycles. The molecule has 2 amide bonds. The van der Waals surface area contributed by atoms with Gasteiger partial charge < -0.3 is 9.80 Å². The van der Waals surface area contributed by atoms with Gasteiger partial charge >= 0.3 is 0 Å². The summed E-state index contributed by atoms with van der Waals surface area (Å²) in [4.78, 5) is 27.2. The minimum absolute atomic E-state index is 0.0598. The maximum atomic E-state index is 11.9. The summed E-state index contributed by atoms with van der Waals surface area (Å²) in [6.07, 6.45) is 1.05. The molecule has 0 aromatic heterocycles. The lowest BCUT2D eigenvalue weighted by molar-refractivity contribution is -0.135. The second-order valence-corrected chi connectivity index (χ2v) is 5.23. The molecule has 2 unspecified atom stereocenters. The Morgan fingerprint density at radius 1 is 1.25 bits per heavy atom. The van der Waals surface area contributed by atoms with E-state index in [0.29, 0.717) is 5.92 Å². The normalized spacial score (nSPS) is 28.8. The van der Waals surface area contributed by atoms with E-state index in [0.717, 1.165) is 26.1 Å². The quantitative estimate of drug-likeness (QED) is 0.658. The van der Waals surface area contributed by atoms with Crippen molar-refractivity contribution in [2.75, 3.05) is 19.6 Å². The Bertz CT molecular complexity index is 314. The van der Waals surface area contributed by atoms with E-state index in [4.69, 9.17) is 0 Å². The van der Waals surface area contributed by atoms with Crippen LogP contribution in [0.25, 0.3) is 0 Å². The molecule has 0 N–H and O–H groups in total. The van der Waals surface area contributed by atoms with Gasteiger partial charge in [0.2, 0.25) is 11.8 Å². The van der Waals surface area contributed by atoms with E-state index >= 15 is 0 Å². The summed E-state index contributed by atoms with van der Waals surface area (Å²) in [6.45, 7) is 7.93. The van der Waals surface area contributed by atoms with Crippen molar-refractivity contribution >= 4 is 11.8 Å². The van der Waals surface area contributed by atoms with Gasteiger partial charge in [-0.25, -0.2) is 0 Å². The lowest BCUT2D eigenvalue weighted by atomic mass is 10.1. The molecule has 0 aliphatic carbocycles. The van der Waals surface area contributed by atoms with E-state index < -0.39 is 0 Å². The third-order valence-electron chi connectivity index (χ3n) is 3.76. The Hall–Kier alpha value is -1.06. The molecule has 90 valence electrons. The number of likely N-dealkylation sites (tertiary alicyclic amines) is 2. The average molecular weight is 224 g/mol. The standard InChI is InChI=1S/C12H20N2O2/c1-8(2)12(16)13-6-10-4-5-14(9(3)15)11(10)7-13/h8,10-11H,4-7H2,1-3H3. The SMILES string of the molecule is CC(=O)N1CCC2CN(C(=O)C(C)C)CC21. The molecular formula is C12H20N2O2. The molecular weight excluding hydrogens is 204 g/mol. The average Bonchev–Trinajstić information content (AvgIpc) is 2.73. The molecule has 0 radical (unpaired) electrons. The molecule has 2 aliphatic heterocycles. The number of hydrogen-bond acceptors (Lipinski definition) is 2. The molecule has 16 heavy (non-hydrogen) atoms. The highest BCUT2D eigenvalue weighted by Crippen LogP contribution is 2.31. The zero-order chi connectivity index (χ0) is 11.9. The van der Waals surface area contributed by atoms with Crippen molar-refractivity contribution in [1.82, 2.24) is 9.80 Å². The number of fused-ring (bicyclic) bond motifs is 1. The fourth-order valence-electron chi connectivity index (χ4n) is 2.90. The summed E-state index contributed by atoms with van der Waals surface area (Å²) >= 11 is 0. The van der Waals surface area contributed by atoms with Gasteiger partial charge in [-0.15, -0.1) is 0 Å². The molecule has 2 atom stereocenters. The topological polar surface area (TPSA) is 40.6 Å². The smallest absolute Gasteiger partial charge is 0.225 e. The second kappa shape index (κ2) is 4.07. The van der Waals surface area contributed by atoms with E-state index in [1.54, 1.807) is 6.92 Å². The largest absolute Gasteiger partial charge is 0.340 e. The Morgan fingerprint density at radius 2 is 1.94 bits per heavy atom. The van der Waals surface area contributed by atoms with Crippen LogP contribution in [0.4, 0.5) is 0 Å². The van der Waals surface area contributed by atoms with Crippen molar-refractivity contribution in [3.63, 3.8) is 0 Å². The molecule has 0 bridgehead atoms. The summed E-state index contributed by atoms with van der Waals surface area (Å²) < 4.78 is 0. The number of nitrogens with zero attached hydrogens (tertiary/aromatic N) is 2. The van der Waals surface area contributed by atoms with Crippen LogP contribution < -0.4 is 0 Å². The van der Waals surface area contributed by atoms with E-state index in [1.165, 1.54) is 0 Å². The first-order chi connectivity index (χ1) is 7.50. The van der Waals surface area contributed by atoms with Crippen molar-refractivity contribution in [2.45, 2.75) is 33.2 Å². The fourth-order valence-corrected chi connectivity index (χ4v) is 2.90. The molecule has 2 aliphatic rings.